The number of nitrogens with one attached hydrogen (secondary N) is 1. The normalized spacial score (nSPS) is 24.7. The number of benzene rings is 1. The van der Waals surface area contributed by atoms with Crippen LogP contribution in [0.1, 0.15) is 31.2 Å². The van der Waals surface area contributed by atoms with Crippen molar-refractivity contribution in [2.75, 3.05) is 0 Å². The highest BCUT2D eigenvalue weighted by atomic mass is 32.2. The number of rotatable bonds is 4. The average Bonchev–Trinajstić information content (AvgIpc) is 2.40. The fourth-order valence-electron chi connectivity index (χ4n) is 2.23. The lowest BCUT2D eigenvalue weighted by molar-refractivity contribution is 0.101. The van der Waals surface area contributed by atoms with E-state index in [2.05, 4.69) is 4.72 Å². The second-order valence-electron chi connectivity index (χ2n) is 4.83. The third-order valence-corrected chi connectivity index (χ3v) is 4.41. The van der Waals surface area contributed by atoms with Crippen LogP contribution in [0.3, 0.4) is 0 Å². The van der Waals surface area contributed by atoms with Crippen LogP contribution in [-0.2, 0) is 10.0 Å². The van der Waals surface area contributed by atoms with Gasteiger partial charge in [-0.2, -0.15) is 0 Å². The molecule has 0 radical (unpaired) electrons. The molecule has 1 aliphatic rings. The molecule has 0 unspecified atom stereocenters. The molecule has 0 heterocycles. The molecule has 5 heteroatoms. The molecule has 0 amide bonds. The SMILES string of the molecule is O=S(=O)(/C=C/c1ccccc1)N[C@@H]1CCCC[C@H]1O. The molecule has 1 aliphatic carbocycles. The van der Waals surface area contributed by atoms with Gasteiger partial charge >= 0.3 is 0 Å². The van der Waals surface area contributed by atoms with Crippen LogP contribution in [0.5, 0.6) is 0 Å². The fourth-order valence-corrected chi connectivity index (χ4v) is 3.34. The summed E-state index contributed by atoms with van der Waals surface area (Å²) in [6, 6.07) is 8.89. The topological polar surface area (TPSA) is 66.4 Å². The van der Waals surface area contributed by atoms with Gasteiger partial charge in [-0.3, -0.25) is 0 Å². The number of hydrogen-bond donors (Lipinski definition) is 2. The highest BCUT2D eigenvalue weighted by molar-refractivity contribution is 7.92. The third-order valence-electron chi connectivity index (χ3n) is 3.28. The van der Waals surface area contributed by atoms with Gasteiger partial charge < -0.3 is 5.11 Å². The van der Waals surface area contributed by atoms with E-state index in [9.17, 15) is 13.5 Å². The molecule has 1 aromatic rings. The van der Waals surface area contributed by atoms with Gasteiger partial charge in [-0.25, -0.2) is 13.1 Å². The summed E-state index contributed by atoms with van der Waals surface area (Å²) < 4.78 is 26.4. The molecule has 0 aromatic heterocycles. The Labute approximate surface area is 114 Å². The van der Waals surface area contributed by atoms with Crippen molar-refractivity contribution in [2.24, 2.45) is 0 Å². The molecule has 19 heavy (non-hydrogen) atoms. The van der Waals surface area contributed by atoms with Crippen LogP contribution in [-0.4, -0.2) is 25.7 Å². The Kier molecular flexibility index (Phi) is 4.74. The predicted molar refractivity (Wildman–Crippen MR) is 75.8 cm³/mol. The zero-order valence-electron chi connectivity index (χ0n) is 10.7. The van der Waals surface area contributed by atoms with E-state index in [1.807, 2.05) is 30.3 Å². The first-order valence-electron chi connectivity index (χ1n) is 6.50. The maximum Gasteiger partial charge on any atom is 0.234 e. The molecular weight excluding hydrogens is 262 g/mol. The first-order valence-corrected chi connectivity index (χ1v) is 8.05. The summed E-state index contributed by atoms with van der Waals surface area (Å²) in [7, 11) is -3.50. The van der Waals surface area contributed by atoms with Crippen LogP contribution in [0.2, 0.25) is 0 Å². The zero-order valence-corrected chi connectivity index (χ0v) is 11.5. The Morgan fingerprint density at radius 1 is 1.16 bits per heavy atom. The van der Waals surface area contributed by atoms with Gasteiger partial charge in [-0.05, 0) is 24.5 Å². The Hall–Kier alpha value is -1.17. The van der Waals surface area contributed by atoms with E-state index in [1.165, 1.54) is 0 Å². The molecule has 104 valence electrons. The largest absolute Gasteiger partial charge is 0.391 e. The van der Waals surface area contributed by atoms with Gasteiger partial charge in [0.1, 0.15) is 0 Å². The molecule has 0 spiro atoms. The van der Waals surface area contributed by atoms with E-state index in [-0.39, 0.29) is 6.04 Å². The summed E-state index contributed by atoms with van der Waals surface area (Å²) in [6.07, 6.45) is 4.24. The minimum atomic E-state index is -3.50. The third kappa shape index (κ3) is 4.45. The quantitative estimate of drug-likeness (QED) is 0.885. The van der Waals surface area contributed by atoms with Gasteiger partial charge in [-0.15, -0.1) is 0 Å². The van der Waals surface area contributed by atoms with E-state index in [4.69, 9.17) is 0 Å². The predicted octanol–water partition coefficient (Wildman–Crippen LogP) is 1.88. The highest BCUT2D eigenvalue weighted by Gasteiger charge is 2.25. The second kappa shape index (κ2) is 6.32. The Morgan fingerprint density at radius 3 is 2.53 bits per heavy atom. The maximum absolute atomic E-state index is 11.9. The van der Waals surface area contributed by atoms with Crippen LogP contribution >= 0.6 is 0 Å². The smallest absolute Gasteiger partial charge is 0.234 e. The van der Waals surface area contributed by atoms with E-state index in [0.717, 1.165) is 23.8 Å². The first-order chi connectivity index (χ1) is 9.07. The van der Waals surface area contributed by atoms with Crippen molar-refractivity contribution in [3.8, 4) is 0 Å². The molecule has 2 atom stereocenters. The molecule has 2 N–H and O–H groups in total. The number of hydrogen-bond acceptors (Lipinski definition) is 3. The van der Waals surface area contributed by atoms with Crippen LogP contribution in [0, 0.1) is 0 Å². The summed E-state index contributed by atoms with van der Waals surface area (Å²) in [5, 5.41) is 10.9. The van der Waals surface area contributed by atoms with Crippen molar-refractivity contribution in [1.29, 1.82) is 0 Å². The van der Waals surface area contributed by atoms with Crippen molar-refractivity contribution in [3.63, 3.8) is 0 Å². The molecular formula is C14H19NO3S. The molecule has 1 aromatic carbocycles. The Morgan fingerprint density at radius 2 is 1.84 bits per heavy atom. The van der Waals surface area contributed by atoms with Gasteiger partial charge in [0.25, 0.3) is 0 Å². The van der Waals surface area contributed by atoms with E-state index in [1.54, 1.807) is 6.08 Å². The fraction of sp³-hybridized carbons (Fsp3) is 0.429. The van der Waals surface area contributed by atoms with Crippen molar-refractivity contribution in [1.82, 2.24) is 4.72 Å². The van der Waals surface area contributed by atoms with Gasteiger partial charge in [0.2, 0.25) is 10.0 Å². The molecule has 1 fully saturated rings. The zero-order chi connectivity index (χ0) is 13.7. The Bertz CT molecular complexity index is 525. The van der Waals surface area contributed by atoms with Crippen molar-refractivity contribution < 1.29 is 13.5 Å². The first kappa shape index (κ1) is 14.2. The molecule has 2 rings (SSSR count). The second-order valence-corrected chi connectivity index (χ2v) is 6.43. The number of aliphatic hydroxyl groups excluding tert-OH is 1. The molecule has 4 nitrogen and oxygen atoms in total. The molecule has 0 saturated heterocycles. The summed E-state index contributed by atoms with van der Waals surface area (Å²) in [4.78, 5) is 0. The number of aliphatic hydroxyl groups is 1. The molecule has 0 aliphatic heterocycles. The van der Waals surface area contributed by atoms with Gasteiger partial charge in [-0.1, -0.05) is 43.2 Å². The van der Waals surface area contributed by atoms with Gasteiger partial charge in [0.05, 0.1) is 6.10 Å². The van der Waals surface area contributed by atoms with Crippen molar-refractivity contribution >= 4 is 16.1 Å². The molecule has 0 bridgehead atoms. The van der Waals surface area contributed by atoms with E-state index < -0.39 is 16.1 Å². The van der Waals surface area contributed by atoms with E-state index in [0.29, 0.717) is 12.8 Å². The summed E-state index contributed by atoms with van der Waals surface area (Å²) in [5.41, 5.74) is 0.831. The van der Waals surface area contributed by atoms with Crippen molar-refractivity contribution in [2.45, 2.75) is 37.8 Å². The summed E-state index contributed by atoms with van der Waals surface area (Å²) in [5.74, 6) is 0. The van der Waals surface area contributed by atoms with Gasteiger partial charge in [0, 0.05) is 11.4 Å². The lowest BCUT2D eigenvalue weighted by Gasteiger charge is -2.27. The number of sulfonamides is 1. The van der Waals surface area contributed by atoms with Crippen LogP contribution in [0.25, 0.3) is 6.08 Å². The lowest BCUT2D eigenvalue weighted by Crippen LogP contribution is -2.44. The monoisotopic (exact) mass is 281 g/mol. The van der Waals surface area contributed by atoms with E-state index >= 15 is 0 Å². The minimum absolute atomic E-state index is 0.362. The Balaban J connectivity index is 2.00. The summed E-state index contributed by atoms with van der Waals surface area (Å²) >= 11 is 0. The van der Waals surface area contributed by atoms with Crippen molar-refractivity contribution in [3.05, 3.63) is 41.3 Å². The standard InChI is InChI=1S/C14H19NO3S/c16-14-9-5-4-8-13(14)15-19(17,18)11-10-12-6-2-1-3-7-12/h1-3,6-7,10-11,13-16H,4-5,8-9H2/b11-10+/t13-,14-/m1/s1. The molecule has 1 saturated carbocycles. The summed E-state index contributed by atoms with van der Waals surface area (Å²) in [6.45, 7) is 0. The minimum Gasteiger partial charge on any atom is -0.391 e. The van der Waals surface area contributed by atoms with Crippen LogP contribution < -0.4 is 4.72 Å². The van der Waals surface area contributed by atoms with Crippen LogP contribution in [0.15, 0.2) is 35.7 Å². The maximum atomic E-state index is 11.9. The highest BCUT2D eigenvalue weighted by Crippen LogP contribution is 2.19. The average molecular weight is 281 g/mol. The van der Waals surface area contributed by atoms with Crippen LogP contribution in [0.4, 0.5) is 0 Å². The van der Waals surface area contributed by atoms with Gasteiger partial charge in [0.15, 0.2) is 0 Å². The lowest BCUT2D eigenvalue weighted by atomic mass is 9.93.